The predicted octanol–water partition coefficient (Wildman–Crippen LogP) is 5.28. The van der Waals surface area contributed by atoms with Crippen LogP contribution in [0.25, 0.3) is 10.2 Å². The minimum absolute atomic E-state index is 0. The van der Waals surface area contributed by atoms with Gasteiger partial charge in [0.05, 0.1) is 22.2 Å². The lowest BCUT2D eigenvalue weighted by Crippen LogP contribution is -2.43. The van der Waals surface area contributed by atoms with Crippen LogP contribution >= 0.6 is 23.7 Å². The minimum atomic E-state index is -3.61. The zero-order chi connectivity index (χ0) is 26.6. The number of halogens is 1. The minimum Gasteiger partial charge on any atom is -0.497 e. The standard InChI is InChI=1S/C27H36N4O4S2.ClH/c1-5-21-9-6-7-18-31(21)37(33,34)23-13-10-20(11-14-23)26(32)30(17-8-16-29(2)3)27-28-24-19-22(35-4)12-15-25(24)36-27;/h10-15,19,21H,5-9,16-18H2,1-4H3;1H. The van der Waals surface area contributed by atoms with Gasteiger partial charge in [0, 0.05) is 30.8 Å². The predicted molar refractivity (Wildman–Crippen MR) is 157 cm³/mol. The molecule has 38 heavy (non-hydrogen) atoms. The van der Waals surface area contributed by atoms with Crippen molar-refractivity contribution < 1.29 is 17.9 Å². The zero-order valence-electron chi connectivity index (χ0n) is 22.4. The van der Waals surface area contributed by atoms with E-state index in [0.29, 0.717) is 29.5 Å². The monoisotopic (exact) mass is 580 g/mol. The second-order valence-corrected chi connectivity index (χ2v) is 12.5. The SMILES string of the molecule is CCC1CCCCN1S(=O)(=O)c1ccc(C(=O)N(CCCN(C)C)c2nc3cc(OC)ccc3s2)cc1.Cl. The number of hydrogen-bond acceptors (Lipinski definition) is 7. The number of methoxy groups -OCH3 is 1. The Morgan fingerprint density at radius 2 is 1.87 bits per heavy atom. The van der Waals surface area contributed by atoms with Gasteiger partial charge in [-0.05, 0) is 82.7 Å². The topological polar surface area (TPSA) is 83.1 Å². The summed E-state index contributed by atoms with van der Waals surface area (Å²) in [6, 6.07) is 12.1. The van der Waals surface area contributed by atoms with Gasteiger partial charge in [0.1, 0.15) is 5.75 Å². The first-order chi connectivity index (χ1) is 17.7. The molecule has 1 atom stereocenters. The molecule has 0 radical (unpaired) electrons. The quantitative estimate of drug-likeness (QED) is 0.324. The number of anilines is 1. The van der Waals surface area contributed by atoms with Gasteiger partial charge in [0.25, 0.3) is 5.91 Å². The zero-order valence-corrected chi connectivity index (χ0v) is 24.9. The van der Waals surface area contributed by atoms with Gasteiger partial charge in [-0.25, -0.2) is 13.4 Å². The molecule has 0 bridgehead atoms. The fourth-order valence-electron chi connectivity index (χ4n) is 4.73. The highest BCUT2D eigenvalue weighted by molar-refractivity contribution is 7.89. The van der Waals surface area contributed by atoms with E-state index in [1.165, 1.54) is 11.3 Å². The first-order valence-electron chi connectivity index (χ1n) is 12.8. The van der Waals surface area contributed by atoms with Gasteiger partial charge in [-0.2, -0.15) is 4.31 Å². The molecule has 1 amide bonds. The summed E-state index contributed by atoms with van der Waals surface area (Å²) in [6.45, 7) is 3.90. The lowest BCUT2D eigenvalue weighted by molar-refractivity contribution is 0.0986. The molecule has 1 aliphatic heterocycles. The van der Waals surface area contributed by atoms with E-state index in [9.17, 15) is 13.2 Å². The Hall–Kier alpha value is -2.24. The average molecular weight is 581 g/mol. The van der Waals surface area contributed by atoms with Crippen molar-refractivity contribution in [3.63, 3.8) is 0 Å². The van der Waals surface area contributed by atoms with Crippen LogP contribution in [0.2, 0.25) is 0 Å². The van der Waals surface area contributed by atoms with E-state index in [0.717, 1.165) is 48.9 Å². The highest BCUT2D eigenvalue weighted by atomic mass is 35.5. The number of carbonyl (C=O) groups excluding carboxylic acids is 1. The van der Waals surface area contributed by atoms with Crippen LogP contribution in [0.15, 0.2) is 47.4 Å². The van der Waals surface area contributed by atoms with Gasteiger partial charge in [-0.3, -0.25) is 9.69 Å². The molecule has 3 aromatic rings. The van der Waals surface area contributed by atoms with Crippen LogP contribution in [0.4, 0.5) is 5.13 Å². The molecular weight excluding hydrogens is 544 g/mol. The first-order valence-corrected chi connectivity index (χ1v) is 15.0. The summed E-state index contributed by atoms with van der Waals surface area (Å²) in [5, 5.41) is 0.614. The van der Waals surface area contributed by atoms with E-state index in [1.807, 2.05) is 39.2 Å². The second-order valence-electron chi connectivity index (χ2n) is 9.64. The number of sulfonamides is 1. The van der Waals surface area contributed by atoms with Crippen LogP contribution in [0, 0.1) is 0 Å². The van der Waals surface area contributed by atoms with Crippen molar-refractivity contribution in [3.8, 4) is 5.75 Å². The first kappa shape index (κ1) is 30.3. The molecule has 0 saturated carbocycles. The van der Waals surface area contributed by atoms with Crippen LogP contribution in [0.3, 0.4) is 0 Å². The summed E-state index contributed by atoms with van der Waals surface area (Å²) >= 11 is 1.46. The maximum Gasteiger partial charge on any atom is 0.260 e. The molecule has 8 nitrogen and oxygen atoms in total. The fraction of sp³-hybridized carbons (Fsp3) is 0.481. The number of hydrogen-bond donors (Lipinski definition) is 0. The van der Waals surface area contributed by atoms with E-state index in [1.54, 1.807) is 40.6 Å². The fourth-order valence-corrected chi connectivity index (χ4v) is 7.46. The summed E-state index contributed by atoms with van der Waals surface area (Å²) in [5.41, 5.74) is 1.21. The Kier molecular flexibility index (Phi) is 10.5. The Bertz CT molecular complexity index is 1330. The second kappa shape index (κ2) is 13.2. The average Bonchev–Trinajstić information content (AvgIpc) is 3.33. The van der Waals surface area contributed by atoms with Crippen LogP contribution in [0.5, 0.6) is 5.75 Å². The number of benzene rings is 2. The highest BCUT2D eigenvalue weighted by Gasteiger charge is 2.32. The Balaban J connectivity index is 0.00000400. The molecule has 1 unspecified atom stereocenters. The van der Waals surface area contributed by atoms with Gasteiger partial charge < -0.3 is 9.64 Å². The maximum absolute atomic E-state index is 13.7. The summed E-state index contributed by atoms with van der Waals surface area (Å²) in [6.07, 6.45) is 4.40. The smallest absolute Gasteiger partial charge is 0.260 e. The summed E-state index contributed by atoms with van der Waals surface area (Å²) < 4.78 is 34.6. The van der Waals surface area contributed by atoms with E-state index >= 15 is 0 Å². The van der Waals surface area contributed by atoms with Crippen LogP contribution < -0.4 is 9.64 Å². The van der Waals surface area contributed by atoms with Crippen LogP contribution in [0.1, 0.15) is 49.4 Å². The lowest BCUT2D eigenvalue weighted by Gasteiger charge is -2.34. The molecule has 1 aromatic heterocycles. The molecule has 0 spiro atoms. The van der Waals surface area contributed by atoms with Gasteiger partial charge in [-0.1, -0.05) is 24.7 Å². The van der Waals surface area contributed by atoms with Crippen molar-refractivity contribution in [1.82, 2.24) is 14.2 Å². The summed E-state index contributed by atoms with van der Waals surface area (Å²) in [5.74, 6) is 0.517. The number of thiazole rings is 1. The normalized spacial score (nSPS) is 16.4. The number of amides is 1. The number of nitrogens with zero attached hydrogens (tertiary/aromatic N) is 4. The van der Waals surface area contributed by atoms with Gasteiger partial charge in [-0.15, -0.1) is 12.4 Å². The third-order valence-electron chi connectivity index (χ3n) is 6.80. The number of carbonyl (C=O) groups is 1. The molecule has 2 heterocycles. The summed E-state index contributed by atoms with van der Waals surface area (Å²) in [7, 11) is 2.01. The molecule has 1 saturated heterocycles. The number of piperidine rings is 1. The Morgan fingerprint density at radius 3 is 2.53 bits per heavy atom. The van der Waals surface area contributed by atoms with E-state index in [2.05, 4.69) is 4.90 Å². The molecule has 208 valence electrons. The third kappa shape index (κ3) is 6.66. The molecule has 0 N–H and O–H groups in total. The van der Waals surface area contributed by atoms with Crippen molar-refractivity contribution in [3.05, 3.63) is 48.0 Å². The lowest BCUT2D eigenvalue weighted by atomic mass is 10.0. The number of fused-ring (bicyclic) bond motifs is 1. The van der Waals surface area contributed by atoms with Crippen molar-refractivity contribution in [2.75, 3.05) is 45.7 Å². The molecule has 0 aliphatic carbocycles. The van der Waals surface area contributed by atoms with Crippen molar-refractivity contribution >= 4 is 55.0 Å². The van der Waals surface area contributed by atoms with Crippen LogP contribution in [-0.2, 0) is 10.0 Å². The highest BCUT2D eigenvalue weighted by Crippen LogP contribution is 2.32. The third-order valence-corrected chi connectivity index (χ3v) is 9.82. The Labute approximate surface area is 236 Å². The van der Waals surface area contributed by atoms with Gasteiger partial charge in [0.15, 0.2) is 5.13 Å². The van der Waals surface area contributed by atoms with E-state index in [4.69, 9.17) is 9.72 Å². The van der Waals surface area contributed by atoms with Gasteiger partial charge >= 0.3 is 0 Å². The number of ether oxygens (including phenoxy) is 1. The van der Waals surface area contributed by atoms with E-state index < -0.39 is 10.0 Å². The molecule has 2 aromatic carbocycles. The van der Waals surface area contributed by atoms with Gasteiger partial charge in [0.2, 0.25) is 10.0 Å². The molecule has 1 fully saturated rings. The van der Waals surface area contributed by atoms with Crippen molar-refractivity contribution in [2.45, 2.75) is 50.0 Å². The molecular formula is C27H37ClN4O4S2. The van der Waals surface area contributed by atoms with Crippen LogP contribution in [-0.4, -0.2) is 75.4 Å². The van der Waals surface area contributed by atoms with Crippen molar-refractivity contribution in [2.24, 2.45) is 0 Å². The number of rotatable bonds is 10. The summed E-state index contributed by atoms with van der Waals surface area (Å²) in [4.78, 5) is 22.4. The van der Waals surface area contributed by atoms with E-state index in [-0.39, 0.29) is 29.3 Å². The van der Waals surface area contributed by atoms with Crippen molar-refractivity contribution in [1.29, 1.82) is 0 Å². The molecule has 1 aliphatic rings. The maximum atomic E-state index is 13.7. The molecule has 4 rings (SSSR count). The molecule has 11 heteroatoms. The Morgan fingerprint density at radius 1 is 1.13 bits per heavy atom. The number of aromatic nitrogens is 1. The largest absolute Gasteiger partial charge is 0.497 e.